The van der Waals surface area contributed by atoms with Crippen molar-refractivity contribution in [2.45, 2.75) is 26.8 Å². The van der Waals surface area contributed by atoms with Gasteiger partial charge in [0, 0.05) is 43.3 Å². The number of aryl methyl sites for hydroxylation is 1. The number of rotatable bonds is 4. The molecule has 2 N–H and O–H groups in total. The quantitative estimate of drug-likeness (QED) is 0.791. The summed E-state index contributed by atoms with van der Waals surface area (Å²) >= 11 is 0. The first-order valence-electron chi connectivity index (χ1n) is 5.05. The van der Waals surface area contributed by atoms with E-state index in [1.807, 2.05) is 13.1 Å². The van der Waals surface area contributed by atoms with Gasteiger partial charge in [0.15, 0.2) is 0 Å². The van der Waals surface area contributed by atoms with Crippen LogP contribution in [0.15, 0.2) is 12.3 Å². The summed E-state index contributed by atoms with van der Waals surface area (Å²) in [6.07, 6.45) is 3.01. The maximum Gasteiger partial charge on any atom is 0.0442 e. The van der Waals surface area contributed by atoms with Crippen LogP contribution in [-0.4, -0.2) is 18.6 Å². The number of hydrogen-bond donors (Lipinski definition) is 1. The summed E-state index contributed by atoms with van der Waals surface area (Å²) in [6, 6.07) is 2.10. The van der Waals surface area contributed by atoms with Crippen molar-refractivity contribution in [3.63, 3.8) is 0 Å². The Balaban J connectivity index is 2.97. The molecule has 1 rings (SSSR count). The van der Waals surface area contributed by atoms with Gasteiger partial charge >= 0.3 is 0 Å². The highest BCUT2D eigenvalue weighted by atomic mass is 15.1. The lowest BCUT2D eigenvalue weighted by atomic mass is 10.2. The molecule has 0 radical (unpaired) electrons. The van der Waals surface area contributed by atoms with Crippen LogP contribution in [0.1, 0.15) is 24.6 Å². The molecule has 0 amide bonds. The molecule has 0 aliphatic rings. The van der Waals surface area contributed by atoms with Crippen molar-refractivity contribution in [3.8, 4) is 0 Å². The fraction of sp³-hybridized carbons (Fsp3) is 0.545. The highest BCUT2D eigenvalue weighted by molar-refractivity contribution is 5.52. The van der Waals surface area contributed by atoms with E-state index in [1.165, 1.54) is 5.69 Å². The number of nitrogens with zero attached hydrogens (tertiary/aromatic N) is 2. The Morgan fingerprint density at radius 1 is 1.50 bits per heavy atom. The maximum absolute atomic E-state index is 5.67. The summed E-state index contributed by atoms with van der Waals surface area (Å²) in [5.41, 5.74) is 9.04. The summed E-state index contributed by atoms with van der Waals surface area (Å²) in [6.45, 7) is 5.78. The van der Waals surface area contributed by atoms with Gasteiger partial charge < -0.3 is 10.6 Å². The van der Waals surface area contributed by atoms with Gasteiger partial charge in [-0.3, -0.25) is 4.98 Å². The zero-order chi connectivity index (χ0) is 10.6. The number of anilines is 1. The molecule has 3 nitrogen and oxygen atoms in total. The fourth-order valence-electron chi connectivity index (χ4n) is 1.54. The van der Waals surface area contributed by atoms with E-state index in [2.05, 4.69) is 29.9 Å². The highest BCUT2D eigenvalue weighted by Gasteiger charge is 2.06. The monoisotopic (exact) mass is 193 g/mol. The maximum atomic E-state index is 5.67. The molecule has 0 bridgehead atoms. The van der Waals surface area contributed by atoms with Crippen LogP contribution in [0.4, 0.5) is 5.69 Å². The molecule has 0 saturated carbocycles. The van der Waals surface area contributed by atoms with Gasteiger partial charge in [0.2, 0.25) is 0 Å². The van der Waals surface area contributed by atoms with E-state index in [9.17, 15) is 0 Å². The second-order valence-electron chi connectivity index (χ2n) is 3.58. The molecule has 0 aromatic carbocycles. The lowest BCUT2D eigenvalue weighted by molar-refractivity contribution is 0.839. The first-order valence-corrected chi connectivity index (χ1v) is 5.05. The first kappa shape index (κ1) is 11.0. The Morgan fingerprint density at radius 2 is 2.21 bits per heavy atom. The molecule has 1 heterocycles. The normalized spacial score (nSPS) is 10.3. The van der Waals surface area contributed by atoms with E-state index in [4.69, 9.17) is 5.73 Å². The topological polar surface area (TPSA) is 42.2 Å². The van der Waals surface area contributed by atoms with Crippen molar-refractivity contribution in [2.24, 2.45) is 5.73 Å². The third-order valence-corrected chi connectivity index (χ3v) is 2.29. The van der Waals surface area contributed by atoms with E-state index >= 15 is 0 Å². The molecule has 1 aromatic heterocycles. The van der Waals surface area contributed by atoms with Gasteiger partial charge in [-0.05, 0) is 19.4 Å². The molecule has 0 unspecified atom stereocenters. The van der Waals surface area contributed by atoms with Crippen molar-refractivity contribution < 1.29 is 0 Å². The Kier molecular flexibility index (Phi) is 3.89. The van der Waals surface area contributed by atoms with E-state index in [0.717, 1.165) is 24.2 Å². The zero-order valence-corrected chi connectivity index (χ0v) is 9.25. The predicted molar refractivity (Wildman–Crippen MR) is 60.4 cm³/mol. The Morgan fingerprint density at radius 3 is 2.79 bits per heavy atom. The van der Waals surface area contributed by atoms with E-state index in [0.29, 0.717) is 6.54 Å². The van der Waals surface area contributed by atoms with Gasteiger partial charge in [0.1, 0.15) is 0 Å². The van der Waals surface area contributed by atoms with Crippen molar-refractivity contribution in [3.05, 3.63) is 23.5 Å². The number of hydrogen-bond acceptors (Lipinski definition) is 3. The van der Waals surface area contributed by atoms with Crippen LogP contribution in [0.2, 0.25) is 0 Å². The van der Waals surface area contributed by atoms with Crippen molar-refractivity contribution in [1.82, 2.24) is 4.98 Å². The second-order valence-corrected chi connectivity index (χ2v) is 3.58. The molecule has 3 heteroatoms. The summed E-state index contributed by atoms with van der Waals surface area (Å²) in [5.74, 6) is 0. The van der Waals surface area contributed by atoms with Gasteiger partial charge in [0.25, 0.3) is 0 Å². The summed E-state index contributed by atoms with van der Waals surface area (Å²) in [4.78, 5) is 6.48. The number of pyridine rings is 1. The number of nitrogens with two attached hydrogens (primary N) is 1. The van der Waals surface area contributed by atoms with Gasteiger partial charge in [-0.1, -0.05) is 6.92 Å². The van der Waals surface area contributed by atoms with Crippen molar-refractivity contribution in [1.29, 1.82) is 0 Å². The lowest BCUT2D eigenvalue weighted by Crippen LogP contribution is -2.20. The minimum Gasteiger partial charge on any atom is -0.374 e. The molecule has 0 aliphatic heterocycles. The van der Waals surface area contributed by atoms with Crippen LogP contribution < -0.4 is 10.6 Å². The van der Waals surface area contributed by atoms with Gasteiger partial charge in [0.05, 0.1) is 0 Å². The Hall–Kier alpha value is -1.09. The SMILES string of the molecule is CCCN(C)c1cc(C)ncc1CN. The second kappa shape index (κ2) is 4.96. The van der Waals surface area contributed by atoms with Crippen LogP contribution in [0.25, 0.3) is 0 Å². The van der Waals surface area contributed by atoms with E-state index < -0.39 is 0 Å². The first-order chi connectivity index (χ1) is 6.69. The standard InChI is InChI=1S/C11H19N3/c1-4-5-14(3)11-6-9(2)13-8-10(11)7-12/h6,8H,4-5,7,12H2,1-3H3. The molecule has 0 spiro atoms. The third-order valence-electron chi connectivity index (χ3n) is 2.29. The summed E-state index contributed by atoms with van der Waals surface area (Å²) in [7, 11) is 2.09. The van der Waals surface area contributed by atoms with Crippen LogP contribution in [0.5, 0.6) is 0 Å². The molecule has 0 aliphatic carbocycles. The van der Waals surface area contributed by atoms with Crippen LogP contribution >= 0.6 is 0 Å². The molecule has 0 fully saturated rings. The number of aromatic nitrogens is 1. The van der Waals surface area contributed by atoms with Gasteiger partial charge in [-0.25, -0.2) is 0 Å². The molecule has 0 saturated heterocycles. The third kappa shape index (κ3) is 2.45. The fourth-order valence-corrected chi connectivity index (χ4v) is 1.54. The van der Waals surface area contributed by atoms with E-state index in [-0.39, 0.29) is 0 Å². The molecule has 0 atom stereocenters. The Bertz CT molecular complexity index is 297. The average Bonchev–Trinajstić information content (AvgIpc) is 2.18. The molecule has 14 heavy (non-hydrogen) atoms. The van der Waals surface area contributed by atoms with Crippen LogP contribution in [-0.2, 0) is 6.54 Å². The molecular formula is C11H19N3. The van der Waals surface area contributed by atoms with Crippen LogP contribution in [0.3, 0.4) is 0 Å². The summed E-state index contributed by atoms with van der Waals surface area (Å²) < 4.78 is 0. The zero-order valence-electron chi connectivity index (χ0n) is 9.25. The lowest BCUT2D eigenvalue weighted by Gasteiger charge is -2.21. The van der Waals surface area contributed by atoms with Crippen molar-refractivity contribution >= 4 is 5.69 Å². The largest absolute Gasteiger partial charge is 0.374 e. The van der Waals surface area contributed by atoms with Crippen LogP contribution in [0, 0.1) is 6.92 Å². The highest BCUT2D eigenvalue weighted by Crippen LogP contribution is 2.19. The van der Waals surface area contributed by atoms with Gasteiger partial charge in [-0.15, -0.1) is 0 Å². The molecule has 1 aromatic rings. The molecule has 78 valence electrons. The average molecular weight is 193 g/mol. The minimum atomic E-state index is 0.552. The predicted octanol–water partition coefficient (Wildman–Crippen LogP) is 1.69. The Labute approximate surface area is 85.9 Å². The summed E-state index contributed by atoms with van der Waals surface area (Å²) in [5, 5.41) is 0. The molecular weight excluding hydrogens is 174 g/mol. The van der Waals surface area contributed by atoms with Crippen molar-refractivity contribution in [2.75, 3.05) is 18.5 Å². The van der Waals surface area contributed by atoms with Gasteiger partial charge in [-0.2, -0.15) is 0 Å². The smallest absolute Gasteiger partial charge is 0.0442 e. The minimum absolute atomic E-state index is 0.552. The van der Waals surface area contributed by atoms with E-state index in [1.54, 1.807) is 0 Å².